The number of nitrogens with zero attached hydrogens (tertiary/aromatic N) is 1. The Balaban J connectivity index is 2.26. The molecule has 0 radical (unpaired) electrons. The van der Waals surface area contributed by atoms with Gasteiger partial charge in [-0.1, -0.05) is 20.3 Å². The highest BCUT2D eigenvalue weighted by molar-refractivity contribution is 4.82. The van der Waals surface area contributed by atoms with E-state index in [9.17, 15) is 0 Å². The summed E-state index contributed by atoms with van der Waals surface area (Å²) in [6, 6.07) is 0. The molecule has 0 saturated carbocycles. The third kappa shape index (κ3) is 4.52. The lowest BCUT2D eigenvalue weighted by molar-refractivity contribution is 0.109. The smallest absolute Gasteiger partial charge is 0.0109 e. The molecule has 1 fully saturated rings. The van der Waals surface area contributed by atoms with E-state index in [2.05, 4.69) is 32.6 Å². The normalized spacial score (nSPS) is 23.0. The van der Waals surface area contributed by atoms with E-state index in [1.165, 1.54) is 38.9 Å². The van der Waals surface area contributed by atoms with Gasteiger partial charge in [-0.2, -0.15) is 0 Å². The van der Waals surface area contributed by atoms with Crippen LogP contribution in [-0.2, 0) is 0 Å². The minimum Gasteiger partial charge on any atom is -0.326 e. The molecular weight excluding hydrogens is 184 g/mol. The van der Waals surface area contributed by atoms with Crippen LogP contribution in [0, 0.1) is 5.41 Å². The van der Waals surface area contributed by atoms with Crippen molar-refractivity contribution in [3.8, 4) is 0 Å². The highest BCUT2D eigenvalue weighted by Crippen LogP contribution is 2.33. The molecule has 0 spiro atoms. The highest BCUT2D eigenvalue weighted by atomic mass is 15.1. The van der Waals surface area contributed by atoms with Crippen LogP contribution in [0.5, 0.6) is 0 Å². The molecule has 1 aliphatic heterocycles. The van der Waals surface area contributed by atoms with Crippen LogP contribution in [-0.4, -0.2) is 30.1 Å². The van der Waals surface area contributed by atoms with Crippen LogP contribution < -0.4 is 5.73 Å². The van der Waals surface area contributed by atoms with Crippen LogP contribution in [0.2, 0.25) is 0 Å². The molecule has 2 heteroatoms. The van der Waals surface area contributed by atoms with Crippen molar-refractivity contribution in [3.63, 3.8) is 0 Å². The fraction of sp³-hybridized carbons (Fsp3) is 1.00. The number of rotatable bonds is 4. The summed E-state index contributed by atoms with van der Waals surface area (Å²) in [7, 11) is 0. The van der Waals surface area contributed by atoms with Crippen molar-refractivity contribution in [3.05, 3.63) is 0 Å². The predicted molar refractivity (Wildman–Crippen MR) is 67.0 cm³/mol. The lowest BCUT2D eigenvalue weighted by Gasteiger charge is -2.39. The van der Waals surface area contributed by atoms with E-state index in [1.54, 1.807) is 0 Å². The van der Waals surface area contributed by atoms with Gasteiger partial charge in [0.05, 0.1) is 0 Å². The molecule has 90 valence electrons. The largest absolute Gasteiger partial charge is 0.326 e. The molecule has 1 rings (SSSR count). The topological polar surface area (TPSA) is 29.3 Å². The Bertz CT molecular complexity index is 185. The van der Waals surface area contributed by atoms with Crippen molar-refractivity contribution in [1.29, 1.82) is 0 Å². The minimum atomic E-state index is -0.00843. The maximum Gasteiger partial charge on any atom is 0.0109 e. The quantitative estimate of drug-likeness (QED) is 0.776. The van der Waals surface area contributed by atoms with Crippen molar-refractivity contribution in [2.75, 3.05) is 19.6 Å². The number of hydrogen-bond acceptors (Lipinski definition) is 2. The lowest BCUT2D eigenvalue weighted by Crippen LogP contribution is -2.42. The van der Waals surface area contributed by atoms with Crippen LogP contribution in [0.15, 0.2) is 0 Å². The average Bonchev–Trinajstić information content (AvgIpc) is 2.16. The van der Waals surface area contributed by atoms with Gasteiger partial charge in [0.2, 0.25) is 0 Å². The van der Waals surface area contributed by atoms with Gasteiger partial charge in [-0.25, -0.2) is 0 Å². The Morgan fingerprint density at radius 3 is 2.20 bits per heavy atom. The van der Waals surface area contributed by atoms with Crippen LogP contribution in [0.4, 0.5) is 0 Å². The van der Waals surface area contributed by atoms with Crippen molar-refractivity contribution in [1.82, 2.24) is 4.90 Å². The average molecular weight is 212 g/mol. The molecule has 0 aromatic heterocycles. The number of hydrogen-bond donors (Lipinski definition) is 1. The highest BCUT2D eigenvalue weighted by Gasteiger charge is 2.28. The van der Waals surface area contributed by atoms with Crippen LogP contribution in [0.1, 0.15) is 53.4 Å². The van der Waals surface area contributed by atoms with Gasteiger partial charge in [0, 0.05) is 5.54 Å². The van der Waals surface area contributed by atoms with Gasteiger partial charge < -0.3 is 10.6 Å². The maximum absolute atomic E-state index is 6.01. The zero-order chi connectivity index (χ0) is 11.5. The standard InChI is InChI=1S/C13H28N2/c1-5-13(4)7-10-15(11-8-13)9-6-12(2,3)14/h5-11,14H2,1-4H3. The Morgan fingerprint density at radius 2 is 1.80 bits per heavy atom. The van der Waals surface area contributed by atoms with Gasteiger partial charge in [0.25, 0.3) is 0 Å². The first-order chi connectivity index (χ1) is 6.85. The van der Waals surface area contributed by atoms with Gasteiger partial charge in [0.15, 0.2) is 0 Å². The maximum atomic E-state index is 6.01. The molecule has 0 atom stereocenters. The van der Waals surface area contributed by atoms with E-state index >= 15 is 0 Å². The second-order valence-electron chi connectivity index (χ2n) is 6.24. The first-order valence-corrected chi connectivity index (χ1v) is 6.36. The van der Waals surface area contributed by atoms with Crippen LogP contribution >= 0.6 is 0 Å². The van der Waals surface area contributed by atoms with Crippen molar-refractivity contribution < 1.29 is 0 Å². The molecule has 1 saturated heterocycles. The third-order valence-corrected chi connectivity index (χ3v) is 3.99. The summed E-state index contributed by atoms with van der Waals surface area (Å²) in [4.78, 5) is 2.58. The van der Waals surface area contributed by atoms with Crippen molar-refractivity contribution in [2.24, 2.45) is 11.1 Å². The van der Waals surface area contributed by atoms with Crippen LogP contribution in [0.3, 0.4) is 0 Å². The Labute approximate surface area is 95.2 Å². The van der Waals surface area contributed by atoms with E-state index in [0.29, 0.717) is 5.41 Å². The number of likely N-dealkylation sites (tertiary alicyclic amines) is 1. The molecule has 1 heterocycles. The predicted octanol–water partition coefficient (Wildman–Crippen LogP) is 2.63. The summed E-state index contributed by atoms with van der Waals surface area (Å²) in [6.07, 6.45) is 5.14. The molecule has 0 bridgehead atoms. The summed E-state index contributed by atoms with van der Waals surface area (Å²) >= 11 is 0. The fourth-order valence-corrected chi connectivity index (χ4v) is 2.12. The van der Waals surface area contributed by atoms with Crippen molar-refractivity contribution in [2.45, 2.75) is 58.9 Å². The zero-order valence-electron chi connectivity index (χ0n) is 11.0. The molecule has 0 aromatic rings. The van der Waals surface area contributed by atoms with Gasteiger partial charge in [-0.3, -0.25) is 0 Å². The van der Waals surface area contributed by atoms with Gasteiger partial charge in [-0.15, -0.1) is 0 Å². The first kappa shape index (κ1) is 13.0. The van der Waals surface area contributed by atoms with E-state index in [0.717, 1.165) is 6.42 Å². The Hall–Kier alpha value is -0.0800. The third-order valence-electron chi connectivity index (χ3n) is 3.99. The van der Waals surface area contributed by atoms with Gasteiger partial charge in [0.1, 0.15) is 0 Å². The molecule has 15 heavy (non-hydrogen) atoms. The summed E-state index contributed by atoms with van der Waals surface area (Å²) in [5.74, 6) is 0. The second-order valence-corrected chi connectivity index (χ2v) is 6.24. The Kier molecular flexibility index (Phi) is 4.19. The van der Waals surface area contributed by atoms with Crippen molar-refractivity contribution >= 4 is 0 Å². The minimum absolute atomic E-state index is 0.00843. The number of piperidine rings is 1. The van der Waals surface area contributed by atoms with Gasteiger partial charge >= 0.3 is 0 Å². The van der Waals surface area contributed by atoms with E-state index in [4.69, 9.17) is 5.73 Å². The second kappa shape index (κ2) is 4.84. The zero-order valence-corrected chi connectivity index (χ0v) is 11.0. The summed E-state index contributed by atoms with van der Waals surface area (Å²) in [6.45, 7) is 12.7. The molecule has 0 unspecified atom stereocenters. The number of nitrogens with two attached hydrogens (primary N) is 1. The molecule has 0 amide bonds. The monoisotopic (exact) mass is 212 g/mol. The fourth-order valence-electron chi connectivity index (χ4n) is 2.12. The van der Waals surface area contributed by atoms with E-state index in [-0.39, 0.29) is 5.54 Å². The van der Waals surface area contributed by atoms with E-state index in [1.807, 2.05) is 0 Å². The first-order valence-electron chi connectivity index (χ1n) is 6.36. The van der Waals surface area contributed by atoms with E-state index < -0.39 is 0 Å². The van der Waals surface area contributed by atoms with Gasteiger partial charge in [-0.05, 0) is 58.2 Å². The summed E-state index contributed by atoms with van der Waals surface area (Å²) in [5.41, 5.74) is 6.60. The molecule has 0 aliphatic carbocycles. The summed E-state index contributed by atoms with van der Waals surface area (Å²) in [5, 5.41) is 0. The molecule has 2 nitrogen and oxygen atoms in total. The molecular formula is C13H28N2. The lowest BCUT2D eigenvalue weighted by atomic mass is 9.78. The molecule has 1 aliphatic rings. The Morgan fingerprint density at radius 1 is 1.27 bits per heavy atom. The molecule has 2 N–H and O–H groups in total. The summed E-state index contributed by atoms with van der Waals surface area (Å²) < 4.78 is 0. The SMILES string of the molecule is CCC1(C)CCN(CCC(C)(C)N)CC1. The molecule has 0 aromatic carbocycles. The van der Waals surface area contributed by atoms with Crippen LogP contribution in [0.25, 0.3) is 0 Å².